The standard InChI is InChI=1S/C16H16ClNO3/c1-3-16(19)18-11-7-8-15(14(17)9-11)21-13-6-4-5-12(10-13)20-2/h4-10H,3H2,1-2H3,(H,18,19). The van der Waals surface area contributed by atoms with E-state index < -0.39 is 0 Å². The van der Waals surface area contributed by atoms with Crippen molar-refractivity contribution in [1.82, 2.24) is 0 Å². The van der Waals surface area contributed by atoms with Crippen molar-refractivity contribution in [3.8, 4) is 17.2 Å². The lowest BCUT2D eigenvalue weighted by Gasteiger charge is -2.10. The third kappa shape index (κ3) is 4.13. The maximum Gasteiger partial charge on any atom is 0.224 e. The average molecular weight is 306 g/mol. The molecule has 0 aromatic heterocycles. The lowest BCUT2D eigenvalue weighted by Crippen LogP contribution is -2.09. The molecule has 0 bridgehead atoms. The Bertz CT molecular complexity index is 643. The van der Waals surface area contributed by atoms with E-state index in [0.717, 1.165) is 0 Å². The zero-order valence-electron chi connectivity index (χ0n) is 11.9. The smallest absolute Gasteiger partial charge is 0.224 e. The highest BCUT2D eigenvalue weighted by atomic mass is 35.5. The highest BCUT2D eigenvalue weighted by Gasteiger charge is 2.07. The van der Waals surface area contributed by atoms with Gasteiger partial charge in [-0.15, -0.1) is 0 Å². The van der Waals surface area contributed by atoms with Gasteiger partial charge in [0.15, 0.2) is 0 Å². The second-order valence-corrected chi connectivity index (χ2v) is 4.74. The number of nitrogens with one attached hydrogen (secondary N) is 1. The Morgan fingerprint density at radius 1 is 1.19 bits per heavy atom. The summed E-state index contributed by atoms with van der Waals surface area (Å²) in [6.07, 6.45) is 0.416. The molecule has 110 valence electrons. The summed E-state index contributed by atoms with van der Waals surface area (Å²) in [6.45, 7) is 1.79. The predicted octanol–water partition coefficient (Wildman–Crippen LogP) is 4.49. The molecule has 0 atom stereocenters. The van der Waals surface area contributed by atoms with Crippen LogP contribution in [0.25, 0.3) is 0 Å². The van der Waals surface area contributed by atoms with Crippen molar-refractivity contribution in [2.75, 3.05) is 12.4 Å². The molecule has 0 saturated carbocycles. The number of carbonyl (C=O) groups excluding carboxylic acids is 1. The molecule has 4 nitrogen and oxygen atoms in total. The Kier molecular flexibility index (Phi) is 5.06. The van der Waals surface area contributed by atoms with Crippen LogP contribution in [0.15, 0.2) is 42.5 Å². The van der Waals surface area contributed by atoms with Gasteiger partial charge < -0.3 is 14.8 Å². The van der Waals surface area contributed by atoms with Gasteiger partial charge in [-0.25, -0.2) is 0 Å². The molecule has 0 fully saturated rings. The second kappa shape index (κ2) is 6.99. The SMILES string of the molecule is CCC(=O)Nc1ccc(Oc2cccc(OC)c2)c(Cl)c1. The molecule has 0 aliphatic heterocycles. The third-order valence-corrected chi connectivity index (χ3v) is 3.10. The molecule has 5 heteroatoms. The van der Waals surface area contributed by atoms with E-state index in [0.29, 0.717) is 34.4 Å². The van der Waals surface area contributed by atoms with E-state index in [9.17, 15) is 4.79 Å². The van der Waals surface area contributed by atoms with E-state index in [1.807, 2.05) is 18.2 Å². The zero-order valence-corrected chi connectivity index (χ0v) is 12.6. The highest BCUT2D eigenvalue weighted by molar-refractivity contribution is 6.32. The quantitative estimate of drug-likeness (QED) is 0.885. The number of halogens is 1. The number of benzene rings is 2. The maximum atomic E-state index is 11.3. The van der Waals surface area contributed by atoms with Gasteiger partial charge >= 0.3 is 0 Å². The summed E-state index contributed by atoms with van der Waals surface area (Å²) in [6, 6.07) is 12.4. The summed E-state index contributed by atoms with van der Waals surface area (Å²) in [4.78, 5) is 11.3. The second-order valence-electron chi connectivity index (χ2n) is 4.33. The number of carbonyl (C=O) groups is 1. The van der Waals surface area contributed by atoms with Crippen molar-refractivity contribution in [2.24, 2.45) is 0 Å². The zero-order chi connectivity index (χ0) is 15.2. The van der Waals surface area contributed by atoms with E-state index in [2.05, 4.69) is 5.32 Å². The highest BCUT2D eigenvalue weighted by Crippen LogP contribution is 2.32. The molecule has 0 radical (unpaired) electrons. The van der Waals surface area contributed by atoms with E-state index in [1.165, 1.54) is 0 Å². The van der Waals surface area contributed by atoms with E-state index in [1.54, 1.807) is 38.3 Å². The molecular formula is C16H16ClNO3. The fraction of sp³-hybridized carbons (Fsp3) is 0.188. The Balaban J connectivity index is 2.15. The molecule has 21 heavy (non-hydrogen) atoms. The van der Waals surface area contributed by atoms with Gasteiger partial charge in [-0.05, 0) is 30.3 Å². The van der Waals surface area contributed by atoms with Crippen LogP contribution in [0.4, 0.5) is 5.69 Å². The fourth-order valence-electron chi connectivity index (χ4n) is 1.70. The minimum atomic E-state index is -0.0625. The first-order chi connectivity index (χ1) is 10.1. The minimum absolute atomic E-state index is 0.0625. The first-order valence-electron chi connectivity index (χ1n) is 6.53. The first kappa shape index (κ1) is 15.2. The number of hydrogen-bond donors (Lipinski definition) is 1. The van der Waals surface area contributed by atoms with Crippen LogP contribution in [0.2, 0.25) is 5.02 Å². The van der Waals surface area contributed by atoms with Crippen molar-refractivity contribution in [2.45, 2.75) is 13.3 Å². The van der Waals surface area contributed by atoms with Crippen LogP contribution in [-0.2, 0) is 4.79 Å². The van der Waals surface area contributed by atoms with Crippen molar-refractivity contribution < 1.29 is 14.3 Å². The molecule has 0 aliphatic carbocycles. The molecule has 1 amide bonds. The molecule has 0 spiro atoms. The van der Waals surface area contributed by atoms with Crippen LogP contribution >= 0.6 is 11.6 Å². The summed E-state index contributed by atoms with van der Waals surface area (Å²) >= 11 is 6.17. The largest absolute Gasteiger partial charge is 0.497 e. The van der Waals surface area contributed by atoms with Gasteiger partial charge in [0.05, 0.1) is 12.1 Å². The van der Waals surface area contributed by atoms with Gasteiger partial charge in [0.25, 0.3) is 0 Å². The van der Waals surface area contributed by atoms with Crippen molar-refractivity contribution in [3.05, 3.63) is 47.5 Å². The number of amides is 1. The van der Waals surface area contributed by atoms with E-state index in [-0.39, 0.29) is 5.91 Å². The molecule has 0 heterocycles. The monoisotopic (exact) mass is 305 g/mol. The van der Waals surface area contributed by atoms with Crippen LogP contribution in [0.1, 0.15) is 13.3 Å². The Morgan fingerprint density at radius 3 is 2.62 bits per heavy atom. The summed E-state index contributed by atoms with van der Waals surface area (Å²) < 4.78 is 10.9. The maximum absolute atomic E-state index is 11.3. The van der Waals surface area contributed by atoms with Gasteiger partial charge in [0, 0.05) is 18.2 Å². The Morgan fingerprint density at radius 2 is 1.95 bits per heavy atom. The van der Waals surface area contributed by atoms with Crippen LogP contribution in [-0.4, -0.2) is 13.0 Å². The summed E-state index contributed by atoms with van der Waals surface area (Å²) in [7, 11) is 1.59. The molecule has 2 rings (SSSR count). The number of methoxy groups -OCH3 is 1. The van der Waals surface area contributed by atoms with Gasteiger partial charge in [-0.2, -0.15) is 0 Å². The van der Waals surface area contributed by atoms with Gasteiger partial charge in [-0.1, -0.05) is 24.6 Å². The average Bonchev–Trinajstić information content (AvgIpc) is 2.50. The number of rotatable bonds is 5. The molecule has 2 aromatic carbocycles. The number of ether oxygens (including phenoxy) is 2. The van der Waals surface area contributed by atoms with Crippen molar-refractivity contribution in [1.29, 1.82) is 0 Å². The van der Waals surface area contributed by atoms with Gasteiger partial charge in [0.2, 0.25) is 5.91 Å². The summed E-state index contributed by atoms with van der Waals surface area (Å²) in [5.74, 6) is 1.78. The first-order valence-corrected chi connectivity index (χ1v) is 6.91. The van der Waals surface area contributed by atoms with Gasteiger partial charge in [-0.3, -0.25) is 4.79 Å². The van der Waals surface area contributed by atoms with E-state index in [4.69, 9.17) is 21.1 Å². The molecule has 0 saturated heterocycles. The van der Waals surface area contributed by atoms with Crippen molar-refractivity contribution >= 4 is 23.2 Å². The molecule has 2 aromatic rings. The fourth-order valence-corrected chi connectivity index (χ4v) is 1.92. The predicted molar refractivity (Wildman–Crippen MR) is 83.4 cm³/mol. The van der Waals surface area contributed by atoms with Crippen molar-refractivity contribution in [3.63, 3.8) is 0 Å². The van der Waals surface area contributed by atoms with E-state index >= 15 is 0 Å². The summed E-state index contributed by atoms with van der Waals surface area (Å²) in [5.41, 5.74) is 0.643. The lowest BCUT2D eigenvalue weighted by molar-refractivity contribution is -0.115. The third-order valence-electron chi connectivity index (χ3n) is 2.81. The molecule has 1 N–H and O–H groups in total. The topological polar surface area (TPSA) is 47.6 Å². The molecular weight excluding hydrogens is 290 g/mol. The Labute approximate surface area is 128 Å². The number of hydrogen-bond acceptors (Lipinski definition) is 3. The van der Waals surface area contributed by atoms with Crippen LogP contribution in [0.3, 0.4) is 0 Å². The molecule has 0 unspecified atom stereocenters. The minimum Gasteiger partial charge on any atom is -0.497 e. The normalized spacial score (nSPS) is 10.0. The number of anilines is 1. The van der Waals surface area contributed by atoms with Crippen LogP contribution in [0, 0.1) is 0 Å². The summed E-state index contributed by atoms with van der Waals surface area (Å²) in [5, 5.41) is 3.17. The van der Waals surface area contributed by atoms with Crippen LogP contribution in [0.5, 0.6) is 17.2 Å². The van der Waals surface area contributed by atoms with Crippen LogP contribution < -0.4 is 14.8 Å². The Hall–Kier alpha value is -2.20. The lowest BCUT2D eigenvalue weighted by atomic mass is 10.2. The molecule has 0 aliphatic rings. The van der Waals surface area contributed by atoms with Gasteiger partial charge in [0.1, 0.15) is 17.2 Å².